The summed E-state index contributed by atoms with van der Waals surface area (Å²) in [6.07, 6.45) is -4.38. The fourth-order valence-electron chi connectivity index (χ4n) is 3.39. The Balaban J connectivity index is 1.72. The Hall–Kier alpha value is -4.00. The van der Waals surface area contributed by atoms with Gasteiger partial charge in [0.2, 0.25) is 5.91 Å². The van der Waals surface area contributed by atoms with Crippen molar-refractivity contribution >= 4 is 5.91 Å². The van der Waals surface area contributed by atoms with Crippen LogP contribution in [0.2, 0.25) is 0 Å². The Morgan fingerprint density at radius 3 is 2.12 bits per heavy atom. The Labute approximate surface area is 182 Å². The van der Waals surface area contributed by atoms with E-state index in [0.29, 0.717) is 33.9 Å². The van der Waals surface area contributed by atoms with E-state index in [-0.39, 0.29) is 0 Å². The Morgan fingerprint density at radius 2 is 1.44 bits per heavy atom. The van der Waals surface area contributed by atoms with Crippen LogP contribution < -0.4 is 5.73 Å². The van der Waals surface area contributed by atoms with Crippen LogP contribution in [0.15, 0.2) is 78.9 Å². The average Bonchev–Trinajstić information content (AvgIpc) is 2.78. The van der Waals surface area contributed by atoms with Crippen LogP contribution >= 0.6 is 0 Å². The lowest BCUT2D eigenvalue weighted by Crippen LogP contribution is -2.10. The third-order valence-corrected chi connectivity index (χ3v) is 4.95. The van der Waals surface area contributed by atoms with Gasteiger partial charge in [-0.2, -0.15) is 13.2 Å². The smallest absolute Gasteiger partial charge is 0.366 e. The quantitative estimate of drug-likeness (QED) is 0.435. The molecule has 32 heavy (non-hydrogen) atoms. The predicted molar refractivity (Wildman–Crippen MR) is 117 cm³/mol. The number of aryl methyl sites for hydroxylation is 1. The summed E-state index contributed by atoms with van der Waals surface area (Å²) in [6.45, 7) is 1.82. The Bertz CT molecular complexity index is 1300. The maximum Gasteiger partial charge on any atom is 0.416 e. The van der Waals surface area contributed by atoms with E-state index in [1.165, 1.54) is 12.1 Å². The molecular formula is C25H18F3N3O. The van der Waals surface area contributed by atoms with Gasteiger partial charge in [0.25, 0.3) is 0 Å². The summed E-state index contributed by atoms with van der Waals surface area (Å²) in [7, 11) is 0. The summed E-state index contributed by atoms with van der Waals surface area (Å²) < 4.78 is 38.6. The molecule has 2 heterocycles. The molecule has 0 saturated heterocycles. The molecule has 0 aliphatic heterocycles. The molecule has 4 rings (SSSR count). The number of pyridine rings is 2. The molecule has 4 aromatic rings. The molecule has 0 aliphatic rings. The van der Waals surface area contributed by atoms with E-state index < -0.39 is 17.6 Å². The Kier molecular flexibility index (Phi) is 5.48. The number of amides is 1. The van der Waals surface area contributed by atoms with Gasteiger partial charge < -0.3 is 5.73 Å². The second kappa shape index (κ2) is 8.26. The minimum atomic E-state index is -4.38. The van der Waals surface area contributed by atoms with Crippen LogP contribution in [-0.2, 0) is 6.18 Å². The summed E-state index contributed by atoms with van der Waals surface area (Å²) in [6, 6.07) is 20.9. The first-order valence-electron chi connectivity index (χ1n) is 9.75. The topological polar surface area (TPSA) is 68.9 Å². The molecule has 0 bridgehead atoms. The second-order valence-electron chi connectivity index (χ2n) is 7.31. The number of nitrogens with zero attached hydrogens (tertiary/aromatic N) is 2. The van der Waals surface area contributed by atoms with E-state index in [2.05, 4.69) is 9.97 Å². The summed E-state index contributed by atoms with van der Waals surface area (Å²) in [5, 5.41) is 0. The lowest BCUT2D eigenvalue weighted by atomic mass is 10.0. The first kappa shape index (κ1) is 21.2. The van der Waals surface area contributed by atoms with Gasteiger partial charge in [0, 0.05) is 16.8 Å². The van der Waals surface area contributed by atoms with Gasteiger partial charge in [-0.3, -0.25) is 9.78 Å². The third-order valence-electron chi connectivity index (χ3n) is 4.95. The maximum atomic E-state index is 12.9. The highest BCUT2D eigenvalue weighted by molar-refractivity contribution is 5.94. The zero-order valence-corrected chi connectivity index (χ0v) is 17.0. The molecule has 0 spiro atoms. The fourth-order valence-corrected chi connectivity index (χ4v) is 3.39. The van der Waals surface area contributed by atoms with Crippen molar-refractivity contribution in [2.45, 2.75) is 13.1 Å². The average molecular weight is 433 g/mol. The van der Waals surface area contributed by atoms with E-state index in [0.717, 1.165) is 23.3 Å². The number of hydrogen-bond acceptors (Lipinski definition) is 3. The zero-order chi connectivity index (χ0) is 22.9. The van der Waals surface area contributed by atoms with Crippen molar-refractivity contribution in [3.05, 3.63) is 95.7 Å². The molecule has 160 valence electrons. The van der Waals surface area contributed by atoms with Crippen molar-refractivity contribution in [1.82, 2.24) is 9.97 Å². The lowest BCUT2D eigenvalue weighted by molar-refractivity contribution is -0.137. The van der Waals surface area contributed by atoms with Gasteiger partial charge >= 0.3 is 6.18 Å². The summed E-state index contributed by atoms with van der Waals surface area (Å²) in [5.41, 5.74) is 9.73. The van der Waals surface area contributed by atoms with Crippen LogP contribution in [-0.4, -0.2) is 15.9 Å². The molecule has 0 saturated carbocycles. The summed E-state index contributed by atoms with van der Waals surface area (Å²) in [4.78, 5) is 20.7. The summed E-state index contributed by atoms with van der Waals surface area (Å²) in [5.74, 6) is -0.524. The maximum absolute atomic E-state index is 12.9. The van der Waals surface area contributed by atoms with Crippen LogP contribution in [0.25, 0.3) is 33.8 Å². The van der Waals surface area contributed by atoms with Gasteiger partial charge in [-0.1, -0.05) is 30.3 Å². The number of halogens is 3. The zero-order valence-electron chi connectivity index (χ0n) is 17.0. The number of nitrogens with two attached hydrogens (primary N) is 1. The highest BCUT2D eigenvalue weighted by Gasteiger charge is 2.30. The van der Waals surface area contributed by atoms with E-state index in [1.807, 2.05) is 31.2 Å². The van der Waals surface area contributed by atoms with Crippen LogP contribution in [0.1, 0.15) is 21.6 Å². The van der Waals surface area contributed by atoms with Gasteiger partial charge in [-0.05, 0) is 66.6 Å². The van der Waals surface area contributed by atoms with Crippen molar-refractivity contribution in [1.29, 1.82) is 0 Å². The number of aromatic nitrogens is 2. The molecule has 0 radical (unpaired) electrons. The van der Waals surface area contributed by atoms with Crippen molar-refractivity contribution in [3.8, 4) is 33.8 Å². The van der Waals surface area contributed by atoms with Gasteiger partial charge in [0.1, 0.15) is 0 Å². The molecule has 0 atom stereocenters. The van der Waals surface area contributed by atoms with Gasteiger partial charge in [0.15, 0.2) is 0 Å². The molecule has 2 N–H and O–H groups in total. The normalized spacial score (nSPS) is 11.4. The molecule has 0 aliphatic carbocycles. The van der Waals surface area contributed by atoms with E-state index in [4.69, 9.17) is 5.73 Å². The molecule has 0 unspecified atom stereocenters. The van der Waals surface area contributed by atoms with E-state index >= 15 is 0 Å². The number of carbonyl (C=O) groups is 1. The number of benzene rings is 2. The SMILES string of the molecule is Cc1cc(-c2ccc(C(F)(F)F)cc2)cc(-c2cccc(-c3cccc(C(N)=O)c3)n2)n1. The van der Waals surface area contributed by atoms with Gasteiger partial charge in [-0.15, -0.1) is 0 Å². The number of carbonyl (C=O) groups excluding carboxylic acids is 1. The van der Waals surface area contributed by atoms with Crippen molar-refractivity contribution in [3.63, 3.8) is 0 Å². The third kappa shape index (κ3) is 4.51. The minimum absolute atomic E-state index is 0.382. The molecule has 7 heteroatoms. The van der Waals surface area contributed by atoms with Crippen LogP contribution in [0, 0.1) is 6.92 Å². The highest BCUT2D eigenvalue weighted by Crippen LogP contribution is 2.32. The molecule has 0 fully saturated rings. The summed E-state index contributed by atoms with van der Waals surface area (Å²) >= 11 is 0. The largest absolute Gasteiger partial charge is 0.416 e. The molecule has 2 aromatic heterocycles. The van der Waals surface area contributed by atoms with Gasteiger partial charge in [0.05, 0.1) is 22.6 Å². The van der Waals surface area contributed by atoms with Crippen molar-refractivity contribution in [2.24, 2.45) is 5.73 Å². The standard InChI is InChI=1S/C25H18F3N3O/c1-15-12-19(16-8-10-20(11-9-16)25(26,27)28)14-23(30-15)22-7-3-6-21(31-22)17-4-2-5-18(13-17)24(29)32/h2-14H,1H3,(H2,29,32). The first-order valence-corrected chi connectivity index (χ1v) is 9.75. The van der Waals surface area contributed by atoms with E-state index in [1.54, 1.807) is 30.3 Å². The number of alkyl halides is 3. The Morgan fingerprint density at radius 1 is 0.750 bits per heavy atom. The first-order chi connectivity index (χ1) is 15.2. The molecule has 4 nitrogen and oxygen atoms in total. The monoisotopic (exact) mass is 433 g/mol. The lowest BCUT2D eigenvalue weighted by Gasteiger charge is -2.10. The van der Waals surface area contributed by atoms with Crippen molar-refractivity contribution < 1.29 is 18.0 Å². The molecule has 1 amide bonds. The predicted octanol–water partition coefficient (Wildman–Crippen LogP) is 5.90. The number of rotatable bonds is 4. The highest BCUT2D eigenvalue weighted by atomic mass is 19.4. The van der Waals surface area contributed by atoms with Crippen LogP contribution in [0.4, 0.5) is 13.2 Å². The van der Waals surface area contributed by atoms with Gasteiger partial charge in [-0.25, -0.2) is 4.98 Å². The molecular weight excluding hydrogens is 415 g/mol. The van der Waals surface area contributed by atoms with Crippen LogP contribution in [0.3, 0.4) is 0 Å². The fraction of sp³-hybridized carbons (Fsp3) is 0.0800. The second-order valence-corrected chi connectivity index (χ2v) is 7.31. The minimum Gasteiger partial charge on any atom is -0.366 e. The molecule has 2 aromatic carbocycles. The van der Waals surface area contributed by atoms with E-state index in [9.17, 15) is 18.0 Å². The van der Waals surface area contributed by atoms with Crippen molar-refractivity contribution in [2.75, 3.05) is 0 Å². The van der Waals surface area contributed by atoms with Crippen LogP contribution in [0.5, 0.6) is 0 Å². The number of primary amides is 1. The number of hydrogen-bond donors (Lipinski definition) is 1.